The lowest BCUT2D eigenvalue weighted by Crippen LogP contribution is -2.17. The number of hydrogen-bond donors (Lipinski definition) is 4. The third-order valence-electron chi connectivity index (χ3n) is 6.89. The Balaban J connectivity index is 1.45. The number of anilines is 1. The van der Waals surface area contributed by atoms with Crippen molar-refractivity contribution in [3.05, 3.63) is 16.7 Å². The minimum absolute atomic E-state index is 0.0566. The first-order chi connectivity index (χ1) is 19.4. The SMILES string of the molecule is CCCCCCCCCCCCCCCCCCOCCNc1nc2c(ncn2CCOCP(=O)(O)O)c(=O)[nH]1. The highest BCUT2D eigenvalue weighted by Crippen LogP contribution is 2.33. The second-order valence-corrected chi connectivity index (χ2v) is 12.2. The van der Waals surface area contributed by atoms with Crippen LogP contribution < -0.4 is 10.9 Å². The number of rotatable bonds is 26. The first-order valence-electron chi connectivity index (χ1n) is 15.3. The smallest absolute Gasteiger partial charge is 0.350 e. The molecule has 0 atom stereocenters. The molecule has 12 heteroatoms. The van der Waals surface area contributed by atoms with Gasteiger partial charge in [0.05, 0.1) is 19.5 Å². The van der Waals surface area contributed by atoms with Gasteiger partial charge in [-0.3, -0.25) is 14.3 Å². The Hall–Kier alpha value is -1.78. The van der Waals surface area contributed by atoms with E-state index in [4.69, 9.17) is 19.3 Å². The number of aromatic nitrogens is 4. The summed E-state index contributed by atoms with van der Waals surface area (Å²) < 4.78 is 23.2. The molecule has 2 heterocycles. The predicted molar refractivity (Wildman–Crippen MR) is 160 cm³/mol. The molecule has 0 radical (unpaired) electrons. The fourth-order valence-corrected chi connectivity index (χ4v) is 5.01. The largest absolute Gasteiger partial charge is 0.380 e. The Bertz CT molecular complexity index is 1020. The van der Waals surface area contributed by atoms with E-state index in [0.717, 1.165) is 13.0 Å². The molecule has 0 amide bonds. The number of fused-ring (bicyclic) bond motifs is 1. The van der Waals surface area contributed by atoms with E-state index in [1.165, 1.54) is 103 Å². The van der Waals surface area contributed by atoms with Crippen molar-refractivity contribution in [2.24, 2.45) is 0 Å². The van der Waals surface area contributed by atoms with Gasteiger partial charge in [-0.25, -0.2) is 4.98 Å². The van der Waals surface area contributed by atoms with Crippen molar-refractivity contribution in [3.8, 4) is 0 Å². The van der Waals surface area contributed by atoms with Gasteiger partial charge in [-0.05, 0) is 6.42 Å². The minimum Gasteiger partial charge on any atom is -0.380 e. The molecule has 40 heavy (non-hydrogen) atoms. The van der Waals surface area contributed by atoms with Gasteiger partial charge in [-0.1, -0.05) is 103 Å². The molecule has 0 aromatic carbocycles. The van der Waals surface area contributed by atoms with Crippen molar-refractivity contribution >= 4 is 24.7 Å². The lowest BCUT2D eigenvalue weighted by molar-refractivity contribution is 0.139. The van der Waals surface area contributed by atoms with E-state index in [9.17, 15) is 9.36 Å². The van der Waals surface area contributed by atoms with E-state index in [2.05, 4.69) is 27.2 Å². The highest BCUT2D eigenvalue weighted by molar-refractivity contribution is 7.51. The van der Waals surface area contributed by atoms with E-state index in [1.807, 2.05) is 0 Å². The van der Waals surface area contributed by atoms with Crippen LogP contribution in [0.15, 0.2) is 11.1 Å². The molecule has 0 saturated carbocycles. The Kier molecular flexibility index (Phi) is 18.1. The van der Waals surface area contributed by atoms with Gasteiger partial charge in [0.15, 0.2) is 11.2 Å². The molecule has 0 aliphatic heterocycles. The van der Waals surface area contributed by atoms with Crippen LogP contribution in [0.5, 0.6) is 0 Å². The molecule has 0 aliphatic rings. The molecule has 0 bridgehead atoms. The van der Waals surface area contributed by atoms with Gasteiger partial charge in [0.25, 0.3) is 5.56 Å². The molecular weight excluding hydrogens is 533 g/mol. The molecule has 230 valence electrons. The molecule has 0 saturated heterocycles. The van der Waals surface area contributed by atoms with Crippen LogP contribution in [0.25, 0.3) is 11.2 Å². The Morgan fingerprint density at radius 3 is 2.00 bits per heavy atom. The van der Waals surface area contributed by atoms with Crippen LogP contribution in [0.4, 0.5) is 5.95 Å². The van der Waals surface area contributed by atoms with Gasteiger partial charge in [-0.15, -0.1) is 0 Å². The number of nitrogens with one attached hydrogen (secondary N) is 2. The van der Waals surface area contributed by atoms with E-state index in [0.29, 0.717) is 24.7 Å². The van der Waals surface area contributed by atoms with E-state index in [1.54, 1.807) is 4.57 Å². The van der Waals surface area contributed by atoms with Gasteiger partial charge >= 0.3 is 7.60 Å². The first kappa shape index (κ1) is 34.4. The van der Waals surface area contributed by atoms with Gasteiger partial charge in [0.1, 0.15) is 6.35 Å². The summed E-state index contributed by atoms with van der Waals surface area (Å²) in [4.78, 5) is 41.2. The Morgan fingerprint density at radius 1 is 0.850 bits per heavy atom. The molecule has 0 fully saturated rings. The fraction of sp³-hybridized carbons (Fsp3) is 0.821. The Morgan fingerprint density at radius 2 is 1.43 bits per heavy atom. The lowest BCUT2D eigenvalue weighted by Gasteiger charge is -2.09. The van der Waals surface area contributed by atoms with Crippen LogP contribution in [0.3, 0.4) is 0 Å². The first-order valence-corrected chi connectivity index (χ1v) is 17.1. The molecule has 0 unspecified atom stereocenters. The number of hydrogen-bond acceptors (Lipinski definition) is 7. The van der Waals surface area contributed by atoms with Crippen molar-refractivity contribution in [1.82, 2.24) is 19.5 Å². The topological polar surface area (TPSA) is 152 Å². The average molecular weight is 586 g/mol. The molecule has 0 aliphatic carbocycles. The molecule has 0 spiro atoms. The van der Waals surface area contributed by atoms with Crippen LogP contribution in [-0.4, -0.2) is 62.0 Å². The molecule has 2 aromatic rings. The molecular formula is C28H52N5O6P. The van der Waals surface area contributed by atoms with Gasteiger partial charge in [-0.2, -0.15) is 4.98 Å². The summed E-state index contributed by atoms with van der Waals surface area (Å²) >= 11 is 0. The minimum atomic E-state index is -4.22. The number of imidazole rings is 1. The maximum absolute atomic E-state index is 12.3. The fourth-order valence-electron chi connectivity index (χ4n) is 4.64. The maximum Gasteiger partial charge on any atom is 0.350 e. The van der Waals surface area contributed by atoms with Crippen LogP contribution in [-0.2, 0) is 20.6 Å². The average Bonchev–Trinajstić information content (AvgIpc) is 3.33. The third-order valence-corrected chi connectivity index (χ3v) is 7.41. The summed E-state index contributed by atoms with van der Waals surface area (Å²) in [5.41, 5.74) is 0.205. The summed E-state index contributed by atoms with van der Waals surface area (Å²) in [5.74, 6) is 0.321. The van der Waals surface area contributed by atoms with Crippen LogP contribution >= 0.6 is 7.60 Å². The molecule has 11 nitrogen and oxygen atoms in total. The van der Waals surface area contributed by atoms with E-state index in [-0.39, 0.29) is 24.2 Å². The van der Waals surface area contributed by atoms with E-state index < -0.39 is 13.9 Å². The summed E-state index contributed by atoms with van der Waals surface area (Å²) in [7, 11) is -4.22. The van der Waals surface area contributed by atoms with Gasteiger partial charge in [0, 0.05) is 19.7 Å². The second kappa shape index (κ2) is 21.0. The van der Waals surface area contributed by atoms with Crippen molar-refractivity contribution in [2.45, 2.75) is 116 Å². The molecule has 2 aromatic heterocycles. The van der Waals surface area contributed by atoms with Crippen molar-refractivity contribution in [2.75, 3.05) is 38.0 Å². The predicted octanol–water partition coefficient (Wildman–Crippen LogP) is 5.96. The molecule has 4 N–H and O–H groups in total. The summed E-state index contributed by atoms with van der Waals surface area (Å²) in [6.07, 6.45) is 22.4. The Labute approximate surface area is 239 Å². The standard InChI is InChI=1S/C28H52N5O6P/c1-2-3-4-5-6-7-8-9-10-11-12-13-14-15-16-17-20-38-21-18-29-28-31-26-25(27(34)32-28)30-23-33(26)19-22-39-24-40(35,36)37/h23H,2-22,24H2,1H3,(H2,35,36,37)(H2,29,31,32,34). The van der Waals surface area contributed by atoms with E-state index >= 15 is 0 Å². The van der Waals surface area contributed by atoms with Crippen molar-refractivity contribution < 1.29 is 23.8 Å². The quantitative estimate of drug-likeness (QED) is 0.0774. The van der Waals surface area contributed by atoms with Crippen molar-refractivity contribution in [1.29, 1.82) is 0 Å². The zero-order valence-corrected chi connectivity index (χ0v) is 25.3. The maximum atomic E-state index is 12.3. The van der Waals surface area contributed by atoms with Crippen LogP contribution in [0, 0.1) is 0 Å². The lowest BCUT2D eigenvalue weighted by atomic mass is 10.0. The highest BCUT2D eigenvalue weighted by atomic mass is 31.2. The normalized spacial score (nSPS) is 12.0. The number of unbranched alkanes of at least 4 members (excludes halogenated alkanes) is 15. The van der Waals surface area contributed by atoms with Crippen LogP contribution in [0.2, 0.25) is 0 Å². The van der Waals surface area contributed by atoms with Crippen LogP contribution in [0.1, 0.15) is 110 Å². The second-order valence-electron chi connectivity index (χ2n) is 10.6. The summed E-state index contributed by atoms with van der Waals surface area (Å²) in [6.45, 7) is 4.33. The zero-order chi connectivity index (χ0) is 28.9. The van der Waals surface area contributed by atoms with Gasteiger partial charge in [0.2, 0.25) is 5.95 Å². The number of H-pyrrole nitrogens is 1. The summed E-state index contributed by atoms with van der Waals surface area (Å²) in [6, 6.07) is 0. The van der Waals surface area contributed by atoms with Crippen molar-refractivity contribution in [3.63, 3.8) is 0 Å². The zero-order valence-electron chi connectivity index (χ0n) is 24.4. The number of aromatic amines is 1. The molecule has 2 rings (SSSR count). The number of ether oxygens (including phenoxy) is 2. The number of nitrogens with zero attached hydrogens (tertiary/aromatic N) is 3. The highest BCUT2D eigenvalue weighted by Gasteiger charge is 2.14. The third kappa shape index (κ3) is 15.9. The van der Waals surface area contributed by atoms with Gasteiger partial charge < -0.3 is 29.1 Å². The summed E-state index contributed by atoms with van der Waals surface area (Å²) in [5, 5.41) is 3.07. The monoisotopic (exact) mass is 585 g/mol.